The zero-order valence-corrected chi connectivity index (χ0v) is 14.1. The molecule has 2 aromatic rings. The first-order chi connectivity index (χ1) is 11.9. The minimum Gasteiger partial charge on any atom is -0.497 e. The van der Waals surface area contributed by atoms with E-state index in [-0.39, 0.29) is 5.78 Å². The number of ether oxygens (including phenoxy) is 2. The topological polar surface area (TPSA) is 93.7 Å². The van der Waals surface area contributed by atoms with Crippen molar-refractivity contribution in [1.82, 2.24) is 0 Å². The van der Waals surface area contributed by atoms with Gasteiger partial charge in [0.1, 0.15) is 11.5 Å². The normalized spacial score (nSPS) is 9.88. The summed E-state index contributed by atoms with van der Waals surface area (Å²) in [6.07, 6.45) is 0. The van der Waals surface area contributed by atoms with Gasteiger partial charge >= 0.3 is 11.8 Å². The van der Waals surface area contributed by atoms with Crippen LogP contribution in [-0.4, -0.2) is 31.8 Å². The number of nitrogens with one attached hydrogen (secondary N) is 2. The summed E-state index contributed by atoms with van der Waals surface area (Å²) in [6.45, 7) is 1.42. The highest BCUT2D eigenvalue weighted by Crippen LogP contribution is 2.28. The van der Waals surface area contributed by atoms with Crippen LogP contribution in [0.5, 0.6) is 11.5 Å². The maximum absolute atomic E-state index is 12.1. The number of carbonyl (C=O) groups excluding carboxylic acids is 3. The molecule has 0 radical (unpaired) electrons. The second-order valence-corrected chi connectivity index (χ2v) is 5.11. The molecule has 0 aliphatic carbocycles. The van der Waals surface area contributed by atoms with E-state index in [0.717, 1.165) is 0 Å². The predicted octanol–water partition coefficient (Wildman–Crippen LogP) is 2.48. The summed E-state index contributed by atoms with van der Waals surface area (Å²) in [7, 11) is 2.94. The molecule has 25 heavy (non-hydrogen) atoms. The van der Waals surface area contributed by atoms with Crippen LogP contribution in [0.2, 0.25) is 0 Å². The largest absolute Gasteiger partial charge is 0.497 e. The first-order valence-corrected chi connectivity index (χ1v) is 7.40. The molecule has 7 heteroatoms. The Morgan fingerprint density at radius 1 is 0.880 bits per heavy atom. The van der Waals surface area contributed by atoms with Gasteiger partial charge in [-0.15, -0.1) is 0 Å². The fraction of sp³-hybridized carbons (Fsp3) is 0.167. The quantitative estimate of drug-likeness (QED) is 0.643. The molecule has 0 bridgehead atoms. The maximum Gasteiger partial charge on any atom is 0.314 e. The molecule has 0 heterocycles. The fourth-order valence-corrected chi connectivity index (χ4v) is 2.09. The van der Waals surface area contributed by atoms with Crippen molar-refractivity contribution in [2.45, 2.75) is 6.92 Å². The number of amides is 2. The first-order valence-electron chi connectivity index (χ1n) is 7.40. The molecule has 0 saturated carbocycles. The lowest BCUT2D eigenvalue weighted by atomic mass is 10.1. The van der Waals surface area contributed by atoms with E-state index in [0.29, 0.717) is 28.4 Å². The zero-order valence-electron chi connectivity index (χ0n) is 14.1. The van der Waals surface area contributed by atoms with Crippen LogP contribution in [0, 0.1) is 0 Å². The average Bonchev–Trinajstić information content (AvgIpc) is 2.61. The van der Waals surface area contributed by atoms with Gasteiger partial charge < -0.3 is 20.1 Å². The average molecular weight is 342 g/mol. The van der Waals surface area contributed by atoms with Crippen molar-refractivity contribution in [3.8, 4) is 11.5 Å². The van der Waals surface area contributed by atoms with E-state index in [1.165, 1.54) is 27.2 Å². The van der Waals surface area contributed by atoms with Gasteiger partial charge in [0.25, 0.3) is 0 Å². The number of hydrogen-bond donors (Lipinski definition) is 2. The summed E-state index contributed by atoms with van der Waals surface area (Å²) in [4.78, 5) is 35.6. The summed E-state index contributed by atoms with van der Waals surface area (Å²) in [6, 6.07) is 11.2. The van der Waals surface area contributed by atoms with Gasteiger partial charge in [-0.1, -0.05) is 12.1 Å². The number of anilines is 2. The summed E-state index contributed by atoms with van der Waals surface area (Å²) >= 11 is 0. The minimum atomic E-state index is -0.875. The molecule has 7 nitrogen and oxygen atoms in total. The number of benzene rings is 2. The Morgan fingerprint density at radius 3 is 2.24 bits per heavy atom. The van der Waals surface area contributed by atoms with Crippen molar-refractivity contribution in [3.63, 3.8) is 0 Å². The van der Waals surface area contributed by atoms with Crippen LogP contribution < -0.4 is 20.1 Å². The van der Waals surface area contributed by atoms with E-state index in [9.17, 15) is 14.4 Å². The van der Waals surface area contributed by atoms with Crippen LogP contribution in [0.3, 0.4) is 0 Å². The van der Waals surface area contributed by atoms with Gasteiger partial charge in [-0.3, -0.25) is 14.4 Å². The van der Waals surface area contributed by atoms with Gasteiger partial charge in [0.2, 0.25) is 0 Å². The molecule has 0 aliphatic heterocycles. The fourth-order valence-electron chi connectivity index (χ4n) is 2.09. The van der Waals surface area contributed by atoms with E-state index in [2.05, 4.69) is 10.6 Å². The summed E-state index contributed by atoms with van der Waals surface area (Å²) in [5, 5.41) is 4.92. The van der Waals surface area contributed by atoms with E-state index >= 15 is 0 Å². The molecular weight excluding hydrogens is 324 g/mol. The second-order valence-electron chi connectivity index (χ2n) is 5.11. The van der Waals surface area contributed by atoms with Gasteiger partial charge in [0.15, 0.2) is 5.78 Å². The monoisotopic (exact) mass is 342 g/mol. The number of rotatable bonds is 5. The van der Waals surface area contributed by atoms with E-state index < -0.39 is 11.8 Å². The molecule has 0 spiro atoms. The Kier molecular flexibility index (Phi) is 5.73. The highest BCUT2D eigenvalue weighted by molar-refractivity contribution is 6.43. The summed E-state index contributed by atoms with van der Waals surface area (Å²) in [5.74, 6) is -0.988. The van der Waals surface area contributed by atoms with Crippen LogP contribution in [0.15, 0.2) is 42.5 Å². The molecule has 0 aliphatic rings. The van der Waals surface area contributed by atoms with E-state index in [1.807, 2.05) is 0 Å². The van der Waals surface area contributed by atoms with Crippen LogP contribution >= 0.6 is 0 Å². The summed E-state index contributed by atoms with van der Waals surface area (Å²) < 4.78 is 10.2. The molecule has 0 saturated heterocycles. The lowest BCUT2D eigenvalue weighted by Gasteiger charge is -2.12. The molecule has 0 atom stereocenters. The van der Waals surface area contributed by atoms with Gasteiger partial charge in [-0.2, -0.15) is 0 Å². The van der Waals surface area contributed by atoms with E-state index in [1.54, 1.807) is 36.4 Å². The third-order valence-electron chi connectivity index (χ3n) is 3.39. The molecule has 130 valence electrons. The standard InChI is InChI=1S/C18H18N2O5/c1-11(21)12-5-4-6-13(9-12)19-17(22)18(23)20-15-10-14(24-2)7-8-16(15)25-3/h4-10H,1-3H3,(H,19,22)(H,20,23). The minimum absolute atomic E-state index is 0.137. The molecular formula is C18H18N2O5. The van der Waals surface area contributed by atoms with Crippen molar-refractivity contribution in [1.29, 1.82) is 0 Å². The molecule has 2 N–H and O–H groups in total. The van der Waals surface area contributed by atoms with Gasteiger partial charge in [0, 0.05) is 17.3 Å². The number of ketones is 1. The van der Waals surface area contributed by atoms with Crippen LogP contribution in [0.4, 0.5) is 11.4 Å². The molecule has 2 rings (SSSR count). The predicted molar refractivity (Wildman–Crippen MR) is 93.3 cm³/mol. The molecule has 2 amide bonds. The Morgan fingerprint density at radius 2 is 1.60 bits per heavy atom. The number of methoxy groups -OCH3 is 2. The molecule has 0 unspecified atom stereocenters. The summed E-state index contributed by atoms with van der Waals surface area (Å²) in [5.41, 5.74) is 1.10. The third-order valence-corrected chi connectivity index (χ3v) is 3.39. The lowest BCUT2D eigenvalue weighted by Crippen LogP contribution is -2.29. The number of Topliss-reactive ketones (excluding diaryl/α,β-unsaturated/α-hetero) is 1. The SMILES string of the molecule is COc1ccc(OC)c(NC(=O)C(=O)Nc2cccc(C(C)=O)c2)c1. The highest BCUT2D eigenvalue weighted by atomic mass is 16.5. The Bertz CT molecular complexity index is 817. The van der Waals surface area contributed by atoms with Crippen molar-refractivity contribution in [2.75, 3.05) is 24.9 Å². The van der Waals surface area contributed by atoms with Crippen molar-refractivity contribution < 1.29 is 23.9 Å². The van der Waals surface area contributed by atoms with Crippen molar-refractivity contribution in [3.05, 3.63) is 48.0 Å². The zero-order chi connectivity index (χ0) is 18.4. The number of hydrogen-bond acceptors (Lipinski definition) is 5. The molecule has 0 fully saturated rings. The van der Waals surface area contributed by atoms with Crippen LogP contribution in [0.25, 0.3) is 0 Å². The lowest BCUT2D eigenvalue weighted by molar-refractivity contribution is -0.133. The van der Waals surface area contributed by atoms with Crippen molar-refractivity contribution in [2.24, 2.45) is 0 Å². The first kappa shape index (κ1) is 18.0. The molecule has 0 aromatic heterocycles. The Balaban J connectivity index is 2.12. The van der Waals surface area contributed by atoms with Gasteiger partial charge in [0.05, 0.1) is 19.9 Å². The second kappa shape index (κ2) is 7.96. The van der Waals surface area contributed by atoms with Crippen LogP contribution in [-0.2, 0) is 9.59 Å². The maximum atomic E-state index is 12.1. The highest BCUT2D eigenvalue weighted by Gasteiger charge is 2.17. The number of carbonyl (C=O) groups is 3. The van der Waals surface area contributed by atoms with Gasteiger partial charge in [-0.25, -0.2) is 0 Å². The Labute approximate surface area is 144 Å². The van der Waals surface area contributed by atoms with Gasteiger partial charge in [-0.05, 0) is 31.2 Å². The smallest absolute Gasteiger partial charge is 0.314 e. The van der Waals surface area contributed by atoms with Crippen molar-refractivity contribution >= 4 is 29.0 Å². The van der Waals surface area contributed by atoms with Crippen LogP contribution in [0.1, 0.15) is 17.3 Å². The molecule has 2 aromatic carbocycles. The third kappa shape index (κ3) is 4.57. The Hall–Kier alpha value is -3.35. The van der Waals surface area contributed by atoms with E-state index in [4.69, 9.17) is 9.47 Å².